The number of carbonyl (C=O) groups is 1. The maximum atomic E-state index is 12.9. The molecule has 0 aliphatic heterocycles. The fourth-order valence-electron chi connectivity index (χ4n) is 2.25. The summed E-state index contributed by atoms with van der Waals surface area (Å²) in [6.07, 6.45) is 0.926. The Hall–Kier alpha value is -2.16. The van der Waals surface area contributed by atoms with Gasteiger partial charge < -0.3 is 5.11 Å². The van der Waals surface area contributed by atoms with Gasteiger partial charge in [0.15, 0.2) is 0 Å². The van der Waals surface area contributed by atoms with Crippen LogP contribution in [0.5, 0.6) is 0 Å². The van der Waals surface area contributed by atoms with Crippen LogP contribution in [0, 0.1) is 11.7 Å². The lowest BCUT2D eigenvalue weighted by Gasteiger charge is -2.09. The number of rotatable bonds is 5. The maximum absolute atomic E-state index is 12.9. The molecule has 2 rings (SSSR count). The van der Waals surface area contributed by atoms with Crippen molar-refractivity contribution in [1.29, 1.82) is 0 Å². The minimum atomic E-state index is -0.763. The first-order valence-electron chi connectivity index (χ1n) is 6.61. The SMILES string of the molecule is CC(CC(=O)O)Cc1ccc(-c2ccc(F)cc2)cc1. The summed E-state index contributed by atoms with van der Waals surface area (Å²) in [7, 11) is 0. The monoisotopic (exact) mass is 272 g/mol. The molecule has 104 valence electrons. The summed E-state index contributed by atoms with van der Waals surface area (Å²) < 4.78 is 12.9. The molecule has 0 aromatic heterocycles. The summed E-state index contributed by atoms with van der Waals surface area (Å²) in [5.74, 6) is -0.891. The van der Waals surface area contributed by atoms with E-state index in [1.807, 2.05) is 31.2 Å². The average molecular weight is 272 g/mol. The standard InChI is InChI=1S/C17H17FO2/c1-12(11-17(19)20)10-13-2-4-14(5-3-13)15-6-8-16(18)9-7-15/h2-9,12H,10-11H2,1H3,(H,19,20). The molecule has 3 heteroatoms. The van der Waals surface area contributed by atoms with E-state index in [0.29, 0.717) is 0 Å². The summed E-state index contributed by atoms with van der Waals surface area (Å²) >= 11 is 0. The van der Waals surface area contributed by atoms with Gasteiger partial charge in [-0.1, -0.05) is 43.3 Å². The summed E-state index contributed by atoms with van der Waals surface area (Å²) in [5.41, 5.74) is 3.11. The highest BCUT2D eigenvalue weighted by Gasteiger charge is 2.08. The predicted octanol–water partition coefficient (Wildman–Crippen LogP) is 4.15. The van der Waals surface area contributed by atoms with Gasteiger partial charge in [-0.2, -0.15) is 0 Å². The van der Waals surface area contributed by atoms with E-state index in [1.54, 1.807) is 12.1 Å². The molecule has 1 N–H and O–H groups in total. The van der Waals surface area contributed by atoms with Crippen LogP contribution in [0.4, 0.5) is 4.39 Å². The third kappa shape index (κ3) is 3.92. The van der Waals surface area contributed by atoms with E-state index in [4.69, 9.17) is 5.11 Å². The van der Waals surface area contributed by atoms with Crippen molar-refractivity contribution in [3.8, 4) is 11.1 Å². The average Bonchev–Trinajstić information content (AvgIpc) is 2.39. The molecule has 0 heterocycles. The Balaban J connectivity index is 2.06. The van der Waals surface area contributed by atoms with Gasteiger partial charge in [-0.3, -0.25) is 4.79 Å². The molecule has 2 aromatic rings. The van der Waals surface area contributed by atoms with Crippen molar-refractivity contribution < 1.29 is 14.3 Å². The van der Waals surface area contributed by atoms with Gasteiger partial charge in [-0.25, -0.2) is 4.39 Å². The zero-order chi connectivity index (χ0) is 14.5. The summed E-state index contributed by atoms with van der Waals surface area (Å²) in [6, 6.07) is 14.3. The number of hydrogen-bond donors (Lipinski definition) is 1. The van der Waals surface area contributed by atoms with Gasteiger partial charge in [0.2, 0.25) is 0 Å². The molecule has 0 radical (unpaired) electrons. The van der Waals surface area contributed by atoms with E-state index < -0.39 is 5.97 Å². The van der Waals surface area contributed by atoms with E-state index in [1.165, 1.54) is 12.1 Å². The van der Waals surface area contributed by atoms with Crippen molar-refractivity contribution in [3.63, 3.8) is 0 Å². The zero-order valence-electron chi connectivity index (χ0n) is 11.3. The van der Waals surface area contributed by atoms with Crippen molar-refractivity contribution in [2.45, 2.75) is 19.8 Å². The van der Waals surface area contributed by atoms with Crippen LogP contribution in [-0.2, 0) is 11.2 Å². The van der Waals surface area contributed by atoms with Gasteiger partial charge in [0.25, 0.3) is 0 Å². The normalized spacial score (nSPS) is 12.1. The highest BCUT2D eigenvalue weighted by atomic mass is 19.1. The van der Waals surface area contributed by atoms with Gasteiger partial charge in [0, 0.05) is 6.42 Å². The molecular formula is C17H17FO2. The number of carboxylic acids is 1. The molecule has 0 fully saturated rings. The lowest BCUT2D eigenvalue weighted by molar-refractivity contribution is -0.137. The minimum absolute atomic E-state index is 0.115. The number of halogens is 1. The van der Waals surface area contributed by atoms with Crippen LogP contribution in [0.15, 0.2) is 48.5 Å². The molecule has 0 amide bonds. The van der Waals surface area contributed by atoms with E-state index >= 15 is 0 Å². The van der Waals surface area contributed by atoms with E-state index in [2.05, 4.69) is 0 Å². The molecule has 1 unspecified atom stereocenters. The molecule has 20 heavy (non-hydrogen) atoms. The molecule has 0 aliphatic rings. The highest BCUT2D eigenvalue weighted by Crippen LogP contribution is 2.21. The second-order valence-corrected chi connectivity index (χ2v) is 5.11. The number of aliphatic carboxylic acids is 1. The van der Waals surface area contributed by atoms with Crippen LogP contribution in [0.2, 0.25) is 0 Å². The topological polar surface area (TPSA) is 37.3 Å². The molecule has 0 spiro atoms. The quantitative estimate of drug-likeness (QED) is 0.888. The molecule has 0 bridgehead atoms. The summed E-state index contributed by atoms with van der Waals surface area (Å²) in [5, 5.41) is 8.75. The third-order valence-electron chi connectivity index (χ3n) is 3.24. The molecule has 0 saturated carbocycles. The number of hydrogen-bond acceptors (Lipinski definition) is 1. The second-order valence-electron chi connectivity index (χ2n) is 5.11. The number of carboxylic acid groups (broad SMARTS) is 1. The molecule has 2 nitrogen and oxygen atoms in total. The van der Waals surface area contributed by atoms with Crippen molar-refractivity contribution >= 4 is 5.97 Å². The van der Waals surface area contributed by atoms with Gasteiger partial charge in [-0.05, 0) is 41.2 Å². The van der Waals surface area contributed by atoms with Crippen LogP contribution in [-0.4, -0.2) is 11.1 Å². The fourth-order valence-corrected chi connectivity index (χ4v) is 2.25. The van der Waals surface area contributed by atoms with Crippen molar-refractivity contribution in [3.05, 3.63) is 59.9 Å². The minimum Gasteiger partial charge on any atom is -0.481 e. The predicted molar refractivity (Wildman–Crippen MR) is 77.0 cm³/mol. The summed E-state index contributed by atoms with van der Waals surface area (Å²) in [4.78, 5) is 10.6. The van der Waals surface area contributed by atoms with Crippen molar-refractivity contribution in [2.24, 2.45) is 5.92 Å². The van der Waals surface area contributed by atoms with Crippen LogP contribution in [0.25, 0.3) is 11.1 Å². The first-order chi connectivity index (χ1) is 9.54. The lowest BCUT2D eigenvalue weighted by Crippen LogP contribution is -2.06. The van der Waals surface area contributed by atoms with E-state index in [-0.39, 0.29) is 18.2 Å². The van der Waals surface area contributed by atoms with Crippen LogP contribution in [0.1, 0.15) is 18.9 Å². The van der Waals surface area contributed by atoms with Crippen molar-refractivity contribution in [1.82, 2.24) is 0 Å². The Labute approximate surface area is 117 Å². The largest absolute Gasteiger partial charge is 0.481 e. The number of benzene rings is 2. The Bertz CT molecular complexity index is 573. The molecule has 0 aliphatic carbocycles. The Morgan fingerprint density at radius 1 is 1.05 bits per heavy atom. The Kier molecular flexibility index (Phi) is 4.51. The molecule has 0 saturated heterocycles. The molecule has 1 atom stereocenters. The van der Waals surface area contributed by atoms with Gasteiger partial charge in [0.1, 0.15) is 5.82 Å². The molecule has 2 aromatic carbocycles. The van der Waals surface area contributed by atoms with Gasteiger partial charge in [-0.15, -0.1) is 0 Å². The fraction of sp³-hybridized carbons (Fsp3) is 0.235. The van der Waals surface area contributed by atoms with Crippen LogP contribution >= 0.6 is 0 Å². The summed E-state index contributed by atoms with van der Waals surface area (Å²) in [6.45, 7) is 1.93. The first-order valence-corrected chi connectivity index (χ1v) is 6.61. The Morgan fingerprint density at radius 2 is 1.55 bits per heavy atom. The van der Waals surface area contributed by atoms with E-state index in [0.717, 1.165) is 23.1 Å². The molecular weight excluding hydrogens is 255 g/mol. The van der Waals surface area contributed by atoms with Crippen molar-refractivity contribution in [2.75, 3.05) is 0 Å². The smallest absolute Gasteiger partial charge is 0.303 e. The second kappa shape index (κ2) is 6.33. The lowest BCUT2D eigenvalue weighted by atomic mass is 9.96. The Morgan fingerprint density at radius 3 is 2.05 bits per heavy atom. The van der Waals surface area contributed by atoms with Gasteiger partial charge in [0.05, 0.1) is 0 Å². The van der Waals surface area contributed by atoms with Crippen LogP contribution < -0.4 is 0 Å². The first kappa shape index (κ1) is 14.3. The highest BCUT2D eigenvalue weighted by molar-refractivity contribution is 5.67. The van der Waals surface area contributed by atoms with Crippen LogP contribution in [0.3, 0.4) is 0 Å². The third-order valence-corrected chi connectivity index (χ3v) is 3.24. The van der Waals surface area contributed by atoms with Gasteiger partial charge >= 0.3 is 5.97 Å². The zero-order valence-corrected chi connectivity index (χ0v) is 11.3. The van der Waals surface area contributed by atoms with E-state index in [9.17, 15) is 9.18 Å². The maximum Gasteiger partial charge on any atom is 0.303 e.